The number of hydrogen-bond donors (Lipinski definition) is 0. The maximum absolute atomic E-state index is 5.71. The summed E-state index contributed by atoms with van der Waals surface area (Å²) in [5, 5.41) is 0.813. The largest absolute Gasteiger partial charge is 0.0843 e. The second kappa shape index (κ2) is 2.88. The summed E-state index contributed by atoms with van der Waals surface area (Å²) in [5.74, 6) is 0. The Morgan fingerprint density at radius 1 is 1.44 bits per heavy atom. The molecule has 0 aromatic heterocycles. The predicted molar refractivity (Wildman–Crippen MR) is 48.9 cm³/mol. The minimum Gasteiger partial charge on any atom is -0.0843 e. The maximum Gasteiger partial charge on any atom is 0.0409 e. The zero-order chi connectivity index (χ0) is 6.85. The lowest BCUT2D eigenvalue weighted by Gasteiger charge is -1.95. The molecular formula is C7H6ClI. The Morgan fingerprint density at radius 2 is 2.11 bits per heavy atom. The molecule has 0 spiro atoms. The van der Waals surface area contributed by atoms with Crippen LogP contribution < -0.4 is 0 Å². The molecule has 1 aromatic carbocycles. The Balaban J connectivity index is 3.17. The molecule has 1 aromatic rings. The van der Waals surface area contributed by atoms with Crippen LogP contribution in [-0.4, -0.2) is 0 Å². The van der Waals surface area contributed by atoms with Crippen LogP contribution in [0.4, 0.5) is 0 Å². The minimum atomic E-state index is 0.813. The summed E-state index contributed by atoms with van der Waals surface area (Å²) in [7, 11) is 0. The molecule has 2 heteroatoms. The number of hydrogen-bond acceptors (Lipinski definition) is 0. The molecule has 0 unspecified atom stereocenters. The van der Waals surface area contributed by atoms with Crippen LogP contribution in [0.15, 0.2) is 18.2 Å². The molecule has 1 rings (SSSR count). The lowest BCUT2D eigenvalue weighted by atomic mass is 10.2. The zero-order valence-electron chi connectivity index (χ0n) is 4.99. The predicted octanol–water partition coefficient (Wildman–Crippen LogP) is 3.25. The van der Waals surface area contributed by atoms with E-state index in [4.69, 9.17) is 11.6 Å². The highest BCUT2D eigenvalue weighted by Gasteiger charge is 1.92. The number of benzene rings is 1. The first-order chi connectivity index (χ1) is 4.20. The molecule has 0 fully saturated rings. The van der Waals surface area contributed by atoms with Crippen molar-refractivity contribution in [2.75, 3.05) is 0 Å². The monoisotopic (exact) mass is 252 g/mol. The van der Waals surface area contributed by atoms with E-state index in [-0.39, 0.29) is 0 Å². The Kier molecular flexibility index (Phi) is 2.35. The number of rotatable bonds is 0. The summed E-state index contributed by atoms with van der Waals surface area (Å²) in [6, 6.07) is 5.87. The molecule has 0 amide bonds. The van der Waals surface area contributed by atoms with Crippen LogP contribution in [0.2, 0.25) is 5.02 Å². The van der Waals surface area contributed by atoms with Gasteiger partial charge in [0.25, 0.3) is 0 Å². The van der Waals surface area contributed by atoms with Crippen LogP contribution in [0.1, 0.15) is 5.56 Å². The van der Waals surface area contributed by atoms with Crippen molar-refractivity contribution in [1.82, 2.24) is 0 Å². The highest BCUT2D eigenvalue weighted by molar-refractivity contribution is 14.1. The van der Waals surface area contributed by atoms with E-state index in [9.17, 15) is 0 Å². The van der Waals surface area contributed by atoms with Gasteiger partial charge in [0.05, 0.1) is 0 Å². The van der Waals surface area contributed by atoms with Crippen molar-refractivity contribution in [3.05, 3.63) is 32.4 Å². The van der Waals surface area contributed by atoms with E-state index in [0.717, 1.165) is 5.02 Å². The highest BCUT2D eigenvalue weighted by atomic mass is 127. The fourth-order valence-electron chi connectivity index (χ4n) is 0.608. The summed E-state index contributed by atoms with van der Waals surface area (Å²) >= 11 is 8.00. The average Bonchev–Trinajstić information content (AvgIpc) is 1.80. The van der Waals surface area contributed by atoms with E-state index >= 15 is 0 Å². The topological polar surface area (TPSA) is 0 Å². The van der Waals surface area contributed by atoms with Gasteiger partial charge >= 0.3 is 0 Å². The third kappa shape index (κ3) is 1.83. The summed E-state index contributed by atoms with van der Waals surface area (Å²) < 4.78 is 1.26. The molecule has 9 heavy (non-hydrogen) atoms. The fourth-order valence-corrected chi connectivity index (χ4v) is 1.17. The third-order valence-corrected chi connectivity index (χ3v) is 2.57. The van der Waals surface area contributed by atoms with E-state index in [1.54, 1.807) is 0 Å². The van der Waals surface area contributed by atoms with Gasteiger partial charge in [-0.15, -0.1) is 0 Å². The van der Waals surface area contributed by atoms with Gasteiger partial charge < -0.3 is 0 Å². The lowest BCUT2D eigenvalue weighted by molar-refractivity contribution is 1.43. The second-order valence-corrected chi connectivity index (χ2v) is 3.49. The zero-order valence-corrected chi connectivity index (χ0v) is 7.90. The van der Waals surface area contributed by atoms with Crippen molar-refractivity contribution in [2.24, 2.45) is 0 Å². The van der Waals surface area contributed by atoms with E-state index in [0.29, 0.717) is 0 Å². The van der Waals surface area contributed by atoms with Gasteiger partial charge in [0.15, 0.2) is 0 Å². The van der Waals surface area contributed by atoms with Crippen molar-refractivity contribution in [3.63, 3.8) is 0 Å². The standard InChI is InChI=1S/C7H6ClI/c1-5-4-6(8)2-3-7(5)9/h2-4H,1H3. The quantitative estimate of drug-likeness (QED) is 0.622. The molecule has 0 saturated carbocycles. The van der Waals surface area contributed by atoms with Crippen LogP contribution in [0.3, 0.4) is 0 Å². The molecule has 0 N–H and O–H groups in total. The van der Waals surface area contributed by atoms with Crippen LogP contribution in [0, 0.1) is 10.5 Å². The fraction of sp³-hybridized carbons (Fsp3) is 0.143. The van der Waals surface area contributed by atoms with E-state index in [1.807, 2.05) is 25.1 Å². The van der Waals surface area contributed by atoms with Gasteiger partial charge in [-0.1, -0.05) is 11.6 Å². The molecule has 0 aliphatic carbocycles. The first-order valence-corrected chi connectivity index (χ1v) is 4.07. The highest BCUT2D eigenvalue weighted by Crippen LogP contribution is 2.16. The van der Waals surface area contributed by atoms with Gasteiger partial charge in [-0.25, -0.2) is 0 Å². The van der Waals surface area contributed by atoms with E-state index in [2.05, 4.69) is 22.6 Å². The van der Waals surface area contributed by atoms with Crippen molar-refractivity contribution in [1.29, 1.82) is 0 Å². The minimum absolute atomic E-state index is 0.813. The van der Waals surface area contributed by atoms with Crippen molar-refractivity contribution in [3.8, 4) is 0 Å². The van der Waals surface area contributed by atoms with Gasteiger partial charge in [0.1, 0.15) is 0 Å². The van der Waals surface area contributed by atoms with Gasteiger partial charge in [-0.05, 0) is 53.3 Å². The molecule has 0 aliphatic rings. The number of aryl methyl sites for hydroxylation is 1. The Morgan fingerprint density at radius 3 is 2.56 bits per heavy atom. The summed E-state index contributed by atoms with van der Waals surface area (Å²) in [6.07, 6.45) is 0. The molecule has 0 aliphatic heterocycles. The van der Waals surface area contributed by atoms with Gasteiger partial charge in [0, 0.05) is 8.59 Å². The van der Waals surface area contributed by atoms with Crippen molar-refractivity contribution < 1.29 is 0 Å². The first-order valence-electron chi connectivity index (χ1n) is 2.62. The molecule has 48 valence electrons. The summed E-state index contributed by atoms with van der Waals surface area (Å²) in [6.45, 7) is 2.05. The molecular weight excluding hydrogens is 246 g/mol. The second-order valence-electron chi connectivity index (χ2n) is 1.89. The molecule has 0 atom stereocenters. The van der Waals surface area contributed by atoms with Crippen LogP contribution in [0.25, 0.3) is 0 Å². The smallest absolute Gasteiger partial charge is 0.0409 e. The molecule has 0 saturated heterocycles. The molecule has 0 radical (unpaired) electrons. The van der Waals surface area contributed by atoms with Gasteiger partial charge in [-0.2, -0.15) is 0 Å². The lowest BCUT2D eigenvalue weighted by Crippen LogP contribution is -1.76. The van der Waals surface area contributed by atoms with Gasteiger partial charge in [-0.3, -0.25) is 0 Å². The molecule has 0 heterocycles. The van der Waals surface area contributed by atoms with Crippen LogP contribution in [-0.2, 0) is 0 Å². The summed E-state index contributed by atoms with van der Waals surface area (Å²) in [4.78, 5) is 0. The first kappa shape index (κ1) is 7.35. The van der Waals surface area contributed by atoms with Gasteiger partial charge in [0.2, 0.25) is 0 Å². The van der Waals surface area contributed by atoms with Crippen LogP contribution >= 0.6 is 34.2 Å². The van der Waals surface area contributed by atoms with Crippen molar-refractivity contribution in [2.45, 2.75) is 6.92 Å². The Bertz CT molecular complexity index is 220. The summed E-state index contributed by atoms with van der Waals surface area (Å²) in [5.41, 5.74) is 1.24. The van der Waals surface area contributed by atoms with E-state index < -0.39 is 0 Å². The Labute approximate surface area is 73.4 Å². The SMILES string of the molecule is Cc1cc(Cl)ccc1I. The average molecular weight is 252 g/mol. The molecule has 0 bridgehead atoms. The third-order valence-electron chi connectivity index (χ3n) is 1.12. The normalized spacial score (nSPS) is 9.67. The van der Waals surface area contributed by atoms with Crippen molar-refractivity contribution >= 4 is 34.2 Å². The maximum atomic E-state index is 5.71. The number of halogens is 2. The van der Waals surface area contributed by atoms with Crippen LogP contribution in [0.5, 0.6) is 0 Å². The molecule has 0 nitrogen and oxygen atoms in total. The Hall–Kier alpha value is 0.240. The van der Waals surface area contributed by atoms with E-state index in [1.165, 1.54) is 9.13 Å².